The van der Waals surface area contributed by atoms with Crippen molar-refractivity contribution in [3.63, 3.8) is 0 Å². The Morgan fingerprint density at radius 2 is 1.64 bits per heavy atom. The number of unbranched alkanes of at least 4 members (excludes halogenated alkanes) is 1. The largest absolute Gasteiger partial charge is 0.513 e. The van der Waals surface area contributed by atoms with E-state index in [1.165, 1.54) is 24.5 Å². The number of carbonyl (C=O) groups excluding carboxylic acids is 3. The summed E-state index contributed by atoms with van der Waals surface area (Å²) in [5.41, 5.74) is 0.541. The normalized spacial score (nSPS) is 10.2. The van der Waals surface area contributed by atoms with Crippen molar-refractivity contribution in [1.82, 2.24) is 0 Å². The summed E-state index contributed by atoms with van der Waals surface area (Å²) in [6.07, 6.45) is 2.76. The third-order valence-corrected chi connectivity index (χ3v) is 2.88. The van der Waals surface area contributed by atoms with E-state index in [0.29, 0.717) is 12.0 Å². The van der Waals surface area contributed by atoms with Crippen LogP contribution in [0, 0.1) is 0 Å². The van der Waals surface area contributed by atoms with Gasteiger partial charge in [0.25, 0.3) is 0 Å². The molecule has 0 aliphatic rings. The minimum Gasteiger partial charge on any atom is -0.437 e. The molecule has 0 bridgehead atoms. The predicted octanol–water partition coefficient (Wildman–Crippen LogP) is 3.68. The van der Waals surface area contributed by atoms with Crippen LogP contribution in [0.3, 0.4) is 0 Å². The maximum absolute atomic E-state index is 11.4. The van der Waals surface area contributed by atoms with Crippen molar-refractivity contribution in [2.75, 3.05) is 14.2 Å². The summed E-state index contributed by atoms with van der Waals surface area (Å²) < 4.78 is 23.5. The highest BCUT2D eigenvalue weighted by Gasteiger charge is 2.14. The van der Waals surface area contributed by atoms with Crippen LogP contribution in [0.4, 0.5) is 9.59 Å². The van der Waals surface area contributed by atoms with Crippen molar-refractivity contribution in [1.29, 1.82) is 0 Å². The van der Waals surface area contributed by atoms with Crippen LogP contribution < -0.4 is 9.47 Å². The molecule has 0 aromatic heterocycles. The maximum atomic E-state index is 11.4. The molecule has 1 aromatic rings. The second kappa shape index (κ2) is 10.7. The smallest absolute Gasteiger partial charge is 0.437 e. The molecular formula is C17H20O8. The molecule has 0 atom stereocenters. The summed E-state index contributed by atoms with van der Waals surface area (Å²) in [5.74, 6) is -0.430. The van der Waals surface area contributed by atoms with Crippen LogP contribution in [0.15, 0.2) is 24.5 Å². The first-order chi connectivity index (χ1) is 12.0. The Hall–Kier alpha value is -3.03. The zero-order valence-corrected chi connectivity index (χ0v) is 14.3. The van der Waals surface area contributed by atoms with Gasteiger partial charge in [0.05, 0.1) is 20.5 Å². The van der Waals surface area contributed by atoms with E-state index in [2.05, 4.69) is 9.47 Å². The Morgan fingerprint density at radius 1 is 1.00 bits per heavy atom. The van der Waals surface area contributed by atoms with E-state index in [1.807, 2.05) is 6.92 Å². The van der Waals surface area contributed by atoms with Gasteiger partial charge in [0.1, 0.15) is 0 Å². The lowest BCUT2D eigenvalue weighted by atomic mass is 10.2. The van der Waals surface area contributed by atoms with Gasteiger partial charge >= 0.3 is 18.3 Å². The third kappa shape index (κ3) is 7.38. The molecular weight excluding hydrogens is 332 g/mol. The van der Waals surface area contributed by atoms with Crippen molar-refractivity contribution >= 4 is 24.4 Å². The summed E-state index contributed by atoms with van der Waals surface area (Å²) in [7, 11) is 2.29. The van der Waals surface area contributed by atoms with Crippen molar-refractivity contribution < 1.29 is 38.1 Å². The monoisotopic (exact) mass is 352 g/mol. The molecule has 0 aliphatic carbocycles. The molecule has 0 heterocycles. The Labute approximate surface area is 145 Å². The first-order valence-electron chi connectivity index (χ1n) is 7.51. The number of benzene rings is 1. The van der Waals surface area contributed by atoms with Crippen LogP contribution in [0.1, 0.15) is 31.7 Å². The van der Waals surface area contributed by atoms with Gasteiger partial charge in [-0.05, 0) is 30.2 Å². The van der Waals surface area contributed by atoms with Crippen molar-refractivity contribution in [3.05, 3.63) is 30.0 Å². The molecule has 0 amide bonds. The Morgan fingerprint density at radius 3 is 2.24 bits per heavy atom. The van der Waals surface area contributed by atoms with Crippen molar-refractivity contribution in [2.45, 2.75) is 26.2 Å². The van der Waals surface area contributed by atoms with Gasteiger partial charge in [-0.2, -0.15) is 0 Å². The Bertz CT molecular complexity index is 636. The molecule has 0 aliphatic heterocycles. The molecule has 0 saturated carbocycles. The SMILES string of the molecule is CCCCC(=O)OC=Cc1ccc(OC(=O)OC)c(OC(=O)OC)c1. The van der Waals surface area contributed by atoms with Crippen molar-refractivity contribution in [2.24, 2.45) is 0 Å². The van der Waals surface area contributed by atoms with E-state index in [1.54, 1.807) is 6.07 Å². The number of rotatable bonds is 7. The van der Waals surface area contributed by atoms with E-state index < -0.39 is 12.3 Å². The van der Waals surface area contributed by atoms with E-state index in [9.17, 15) is 14.4 Å². The van der Waals surface area contributed by atoms with Gasteiger partial charge in [-0.15, -0.1) is 0 Å². The highest BCUT2D eigenvalue weighted by molar-refractivity contribution is 5.72. The fourth-order valence-corrected chi connectivity index (χ4v) is 1.62. The Balaban J connectivity index is 2.87. The van der Waals surface area contributed by atoms with E-state index in [0.717, 1.165) is 27.1 Å². The van der Waals surface area contributed by atoms with Crippen LogP contribution in [0.25, 0.3) is 6.08 Å². The highest BCUT2D eigenvalue weighted by atomic mass is 16.7. The van der Waals surface area contributed by atoms with Crippen LogP contribution in [0.2, 0.25) is 0 Å². The average molecular weight is 352 g/mol. The number of esters is 1. The molecule has 25 heavy (non-hydrogen) atoms. The number of ether oxygens (including phenoxy) is 5. The lowest BCUT2D eigenvalue weighted by Crippen LogP contribution is -2.12. The molecule has 136 valence electrons. The average Bonchev–Trinajstić information content (AvgIpc) is 2.61. The number of hydrogen-bond donors (Lipinski definition) is 0. The van der Waals surface area contributed by atoms with Gasteiger partial charge in [0, 0.05) is 6.42 Å². The molecule has 0 fully saturated rings. The van der Waals surface area contributed by atoms with Crippen LogP contribution in [0.5, 0.6) is 11.5 Å². The topological polar surface area (TPSA) is 97.4 Å². The lowest BCUT2D eigenvalue weighted by Gasteiger charge is -2.09. The Kier molecular flexibility index (Phi) is 8.56. The number of methoxy groups -OCH3 is 2. The molecule has 8 heteroatoms. The second-order valence-corrected chi connectivity index (χ2v) is 4.71. The fraction of sp³-hybridized carbons (Fsp3) is 0.353. The highest BCUT2D eigenvalue weighted by Crippen LogP contribution is 2.29. The van der Waals surface area contributed by atoms with E-state index in [-0.39, 0.29) is 17.5 Å². The summed E-state index contributed by atoms with van der Waals surface area (Å²) in [6.45, 7) is 1.98. The summed E-state index contributed by atoms with van der Waals surface area (Å²) in [5, 5.41) is 0. The van der Waals surface area contributed by atoms with Gasteiger partial charge in [-0.25, -0.2) is 9.59 Å². The maximum Gasteiger partial charge on any atom is 0.513 e. The molecule has 8 nitrogen and oxygen atoms in total. The predicted molar refractivity (Wildman–Crippen MR) is 87.2 cm³/mol. The van der Waals surface area contributed by atoms with Gasteiger partial charge in [0.2, 0.25) is 0 Å². The van der Waals surface area contributed by atoms with Gasteiger partial charge in [0.15, 0.2) is 11.5 Å². The molecule has 0 saturated heterocycles. The van der Waals surface area contributed by atoms with Crippen LogP contribution in [-0.4, -0.2) is 32.5 Å². The summed E-state index contributed by atoms with van der Waals surface area (Å²) in [6, 6.07) is 4.37. The third-order valence-electron chi connectivity index (χ3n) is 2.88. The molecule has 0 unspecified atom stereocenters. The first-order valence-corrected chi connectivity index (χ1v) is 7.51. The number of carbonyl (C=O) groups is 3. The van der Waals surface area contributed by atoms with Gasteiger partial charge in [-0.1, -0.05) is 19.4 Å². The lowest BCUT2D eigenvalue weighted by molar-refractivity contribution is -0.138. The standard InChI is InChI=1S/C17H20O8/c1-4-5-6-15(18)23-10-9-12-7-8-13(24-16(19)21-2)14(11-12)25-17(20)22-3/h7-11H,4-6H2,1-3H3. The number of hydrogen-bond acceptors (Lipinski definition) is 8. The molecule has 1 aromatic carbocycles. The minimum atomic E-state index is -0.984. The fourth-order valence-electron chi connectivity index (χ4n) is 1.62. The van der Waals surface area contributed by atoms with Gasteiger partial charge in [-0.3, -0.25) is 4.79 Å². The van der Waals surface area contributed by atoms with Crippen molar-refractivity contribution in [3.8, 4) is 11.5 Å². The van der Waals surface area contributed by atoms with Gasteiger partial charge < -0.3 is 23.7 Å². The molecule has 0 spiro atoms. The van der Waals surface area contributed by atoms with Crippen LogP contribution in [-0.2, 0) is 19.0 Å². The van der Waals surface area contributed by atoms with E-state index >= 15 is 0 Å². The van der Waals surface area contributed by atoms with Crippen LogP contribution >= 0.6 is 0 Å². The zero-order valence-electron chi connectivity index (χ0n) is 14.3. The quantitative estimate of drug-likeness (QED) is 0.317. The molecule has 1 rings (SSSR count). The summed E-state index contributed by atoms with van der Waals surface area (Å²) in [4.78, 5) is 33.9. The zero-order chi connectivity index (χ0) is 18.7. The van der Waals surface area contributed by atoms with E-state index in [4.69, 9.17) is 14.2 Å². The molecule has 0 N–H and O–H groups in total. The minimum absolute atomic E-state index is 0.0330. The second-order valence-electron chi connectivity index (χ2n) is 4.71. The molecule has 0 radical (unpaired) electrons. The first kappa shape index (κ1) is 20.0. The summed E-state index contributed by atoms with van der Waals surface area (Å²) >= 11 is 0.